The van der Waals surface area contributed by atoms with E-state index >= 15 is 0 Å². The van der Waals surface area contributed by atoms with Crippen LogP contribution in [0.4, 0.5) is 0 Å². The zero-order chi connectivity index (χ0) is 13.8. The van der Waals surface area contributed by atoms with E-state index in [2.05, 4.69) is 43.9 Å². The third-order valence-corrected chi connectivity index (χ3v) is 4.75. The third kappa shape index (κ3) is 3.18. The summed E-state index contributed by atoms with van der Waals surface area (Å²) in [6, 6.07) is 7.50. The molecule has 2 heteroatoms. The van der Waals surface area contributed by atoms with Crippen LogP contribution in [0.2, 0.25) is 0 Å². The van der Waals surface area contributed by atoms with Crippen LogP contribution in [0.1, 0.15) is 48.8 Å². The van der Waals surface area contributed by atoms with Gasteiger partial charge in [-0.1, -0.05) is 31.5 Å². The van der Waals surface area contributed by atoms with Gasteiger partial charge in [0.05, 0.1) is 0 Å². The normalized spacial score (nSPS) is 22.4. The molecule has 2 N–H and O–H groups in total. The number of likely N-dealkylation sites (tertiary alicyclic amines) is 1. The number of nitrogens with two attached hydrogens (primary N) is 1. The fraction of sp³-hybridized carbons (Fsp3) is 0.647. The van der Waals surface area contributed by atoms with E-state index in [-0.39, 0.29) is 0 Å². The van der Waals surface area contributed by atoms with Gasteiger partial charge in [0.15, 0.2) is 0 Å². The standard InChI is InChI=1S/C17H28N2/c1-4-19-10-6-5-7-17(19)16(12-18)15-9-8-13(2)14(3)11-15/h8-9,11,16-17H,4-7,10,12,18H2,1-3H3. The van der Waals surface area contributed by atoms with Crippen LogP contribution in [-0.2, 0) is 0 Å². The third-order valence-electron chi connectivity index (χ3n) is 4.75. The minimum atomic E-state index is 0.486. The van der Waals surface area contributed by atoms with Crippen molar-refractivity contribution in [3.05, 3.63) is 34.9 Å². The van der Waals surface area contributed by atoms with Gasteiger partial charge in [0.1, 0.15) is 0 Å². The van der Waals surface area contributed by atoms with Gasteiger partial charge in [-0.15, -0.1) is 0 Å². The van der Waals surface area contributed by atoms with Crippen molar-refractivity contribution in [2.75, 3.05) is 19.6 Å². The predicted molar refractivity (Wildman–Crippen MR) is 82.6 cm³/mol. The van der Waals surface area contributed by atoms with Crippen LogP contribution in [-0.4, -0.2) is 30.6 Å². The highest BCUT2D eigenvalue weighted by atomic mass is 15.2. The van der Waals surface area contributed by atoms with Crippen LogP contribution in [0, 0.1) is 13.8 Å². The first kappa shape index (κ1) is 14.5. The lowest BCUT2D eigenvalue weighted by Gasteiger charge is -2.40. The van der Waals surface area contributed by atoms with Crippen LogP contribution in [0.25, 0.3) is 0 Å². The van der Waals surface area contributed by atoms with E-state index in [0.717, 1.165) is 13.1 Å². The summed E-state index contributed by atoms with van der Waals surface area (Å²) in [5, 5.41) is 0. The fourth-order valence-electron chi connectivity index (χ4n) is 3.38. The summed E-state index contributed by atoms with van der Waals surface area (Å²) in [5.41, 5.74) is 10.3. The summed E-state index contributed by atoms with van der Waals surface area (Å²) in [6.07, 6.45) is 3.99. The van der Waals surface area contributed by atoms with Crippen molar-refractivity contribution in [3.8, 4) is 0 Å². The molecule has 2 unspecified atom stereocenters. The second-order valence-electron chi connectivity index (χ2n) is 5.88. The summed E-state index contributed by atoms with van der Waals surface area (Å²) < 4.78 is 0. The van der Waals surface area contributed by atoms with E-state index in [1.54, 1.807) is 0 Å². The maximum absolute atomic E-state index is 6.11. The van der Waals surface area contributed by atoms with Gasteiger partial charge in [0.2, 0.25) is 0 Å². The van der Waals surface area contributed by atoms with Gasteiger partial charge in [0, 0.05) is 18.5 Å². The highest BCUT2D eigenvalue weighted by Crippen LogP contribution is 2.30. The molecule has 1 aromatic rings. The first-order valence-electron chi connectivity index (χ1n) is 7.68. The molecule has 1 heterocycles. The molecule has 1 aliphatic rings. The molecule has 0 radical (unpaired) electrons. The molecule has 1 aliphatic heterocycles. The molecule has 1 fully saturated rings. The van der Waals surface area contributed by atoms with Crippen molar-refractivity contribution in [2.45, 2.75) is 52.0 Å². The molecule has 2 atom stereocenters. The van der Waals surface area contributed by atoms with Crippen molar-refractivity contribution in [3.63, 3.8) is 0 Å². The van der Waals surface area contributed by atoms with Gasteiger partial charge in [-0.25, -0.2) is 0 Å². The lowest BCUT2D eigenvalue weighted by atomic mass is 9.84. The number of aryl methyl sites for hydroxylation is 2. The van der Waals surface area contributed by atoms with Crippen LogP contribution in [0.3, 0.4) is 0 Å². The van der Waals surface area contributed by atoms with Crippen LogP contribution in [0.15, 0.2) is 18.2 Å². The number of rotatable bonds is 4. The molecule has 19 heavy (non-hydrogen) atoms. The first-order valence-corrected chi connectivity index (χ1v) is 7.68. The Hall–Kier alpha value is -0.860. The summed E-state index contributed by atoms with van der Waals surface area (Å²) in [6.45, 7) is 9.78. The molecule has 0 spiro atoms. The molecule has 1 saturated heterocycles. The number of hydrogen-bond donors (Lipinski definition) is 1. The molecule has 0 aromatic heterocycles. The highest BCUT2D eigenvalue weighted by Gasteiger charge is 2.29. The SMILES string of the molecule is CCN1CCCCC1C(CN)c1ccc(C)c(C)c1. The Morgan fingerprint density at radius 2 is 2.05 bits per heavy atom. The largest absolute Gasteiger partial charge is 0.330 e. The average molecular weight is 260 g/mol. The predicted octanol–water partition coefficient (Wildman–Crippen LogP) is 3.22. The number of nitrogens with zero attached hydrogens (tertiary/aromatic N) is 1. The van der Waals surface area contributed by atoms with Crippen LogP contribution in [0.5, 0.6) is 0 Å². The second kappa shape index (κ2) is 6.53. The highest BCUT2D eigenvalue weighted by molar-refractivity contribution is 5.33. The molecule has 106 valence electrons. The lowest BCUT2D eigenvalue weighted by Crippen LogP contribution is -2.45. The molecule has 0 bridgehead atoms. The Balaban J connectivity index is 2.24. The van der Waals surface area contributed by atoms with Gasteiger partial charge >= 0.3 is 0 Å². The van der Waals surface area contributed by atoms with E-state index in [4.69, 9.17) is 5.73 Å². The summed E-state index contributed by atoms with van der Waals surface area (Å²) >= 11 is 0. The Bertz CT molecular complexity index is 414. The van der Waals surface area contributed by atoms with Crippen molar-refractivity contribution in [1.29, 1.82) is 0 Å². The maximum Gasteiger partial charge on any atom is 0.0176 e. The molecule has 1 aromatic carbocycles. The van der Waals surface area contributed by atoms with Gasteiger partial charge in [-0.3, -0.25) is 0 Å². The van der Waals surface area contributed by atoms with E-state index in [0.29, 0.717) is 12.0 Å². The number of hydrogen-bond acceptors (Lipinski definition) is 2. The van der Waals surface area contributed by atoms with E-state index < -0.39 is 0 Å². The molecule has 2 rings (SSSR count). The van der Waals surface area contributed by atoms with Gasteiger partial charge in [-0.05, 0) is 56.5 Å². The van der Waals surface area contributed by atoms with Crippen LogP contribution < -0.4 is 5.73 Å². The van der Waals surface area contributed by atoms with Gasteiger partial charge < -0.3 is 10.6 Å². The Labute approximate surface area is 118 Å². The van der Waals surface area contributed by atoms with Crippen LogP contribution >= 0.6 is 0 Å². The van der Waals surface area contributed by atoms with E-state index in [1.165, 1.54) is 42.5 Å². The maximum atomic E-state index is 6.11. The summed E-state index contributed by atoms with van der Waals surface area (Å²) in [5.74, 6) is 0.486. The van der Waals surface area contributed by atoms with Crippen molar-refractivity contribution in [1.82, 2.24) is 4.90 Å². The minimum absolute atomic E-state index is 0.486. The summed E-state index contributed by atoms with van der Waals surface area (Å²) in [7, 11) is 0. The lowest BCUT2D eigenvalue weighted by molar-refractivity contribution is 0.134. The first-order chi connectivity index (χ1) is 9.17. The zero-order valence-corrected chi connectivity index (χ0v) is 12.7. The van der Waals surface area contributed by atoms with Crippen molar-refractivity contribution in [2.24, 2.45) is 5.73 Å². The number of piperidine rings is 1. The second-order valence-corrected chi connectivity index (χ2v) is 5.88. The molecular weight excluding hydrogens is 232 g/mol. The molecule has 2 nitrogen and oxygen atoms in total. The van der Waals surface area contributed by atoms with Crippen molar-refractivity contribution >= 4 is 0 Å². The average Bonchev–Trinajstić information content (AvgIpc) is 2.44. The fourth-order valence-corrected chi connectivity index (χ4v) is 3.38. The number of benzene rings is 1. The molecule has 0 aliphatic carbocycles. The number of likely N-dealkylation sites (N-methyl/N-ethyl adjacent to an activating group) is 1. The minimum Gasteiger partial charge on any atom is -0.330 e. The quantitative estimate of drug-likeness (QED) is 0.900. The Morgan fingerprint density at radius 1 is 1.26 bits per heavy atom. The van der Waals surface area contributed by atoms with Gasteiger partial charge in [0.25, 0.3) is 0 Å². The monoisotopic (exact) mass is 260 g/mol. The Morgan fingerprint density at radius 3 is 2.68 bits per heavy atom. The van der Waals surface area contributed by atoms with Gasteiger partial charge in [-0.2, -0.15) is 0 Å². The topological polar surface area (TPSA) is 29.3 Å². The smallest absolute Gasteiger partial charge is 0.0176 e. The van der Waals surface area contributed by atoms with E-state index in [1.807, 2.05) is 0 Å². The molecular formula is C17H28N2. The molecule has 0 saturated carbocycles. The Kier molecular flexibility index (Phi) is 5.00. The summed E-state index contributed by atoms with van der Waals surface area (Å²) in [4.78, 5) is 2.62. The van der Waals surface area contributed by atoms with E-state index in [9.17, 15) is 0 Å². The zero-order valence-electron chi connectivity index (χ0n) is 12.7. The molecule has 0 amide bonds. The van der Waals surface area contributed by atoms with Crippen molar-refractivity contribution < 1.29 is 0 Å².